The predicted octanol–water partition coefficient (Wildman–Crippen LogP) is 5.80. The van der Waals surface area contributed by atoms with Crippen LogP contribution in [0.3, 0.4) is 0 Å². The van der Waals surface area contributed by atoms with E-state index in [1.54, 1.807) is 19.2 Å². The highest BCUT2D eigenvalue weighted by Crippen LogP contribution is 2.38. The van der Waals surface area contributed by atoms with Crippen LogP contribution in [-0.4, -0.2) is 28.5 Å². The first kappa shape index (κ1) is 20.0. The van der Waals surface area contributed by atoms with Crippen molar-refractivity contribution in [1.29, 1.82) is 0 Å². The Bertz CT molecular complexity index is 1360. The third kappa shape index (κ3) is 3.54. The summed E-state index contributed by atoms with van der Waals surface area (Å²) in [4.78, 5) is 0. The Morgan fingerprint density at radius 2 is 1.66 bits per heavy atom. The molecule has 5 rings (SSSR count). The molecule has 2 aliphatic rings. The zero-order chi connectivity index (χ0) is 22.1. The van der Waals surface area contributed by atoms with Gasteiger partial charge in [0.2, 0.25) is 0 Å². The van der Waals surface area contributed by atoms with Crippen molar-refractivity contribution in [2.45, 2.75) is 13.5 Å². The highest BCUT2D eigenvalue weighted by molar-refractivity contribution is 5.98. The van der Waals surface area contributed by atoms with Crippen LogP contribution in [0.1, 0.15) is 12.5 Å². The van der Waals surface area contributed by atoms with Gasteiger partial charge in [-0.15, -0.1) is 10.2 Å². The van der Waals surface area contributed by atoms with E-state index in [-0.39, 0.29) is 5.82 Å². The molecule has 0 radical (unpaired) electrons. The molecule has 0 N–H and O–H groups in total. The molecule has 2 heterocycles. The average molecular weight is 427 g/mol. The fourth-order valence-corrected chi connectivity index (χ4v) is 3.98. The summed E-state index contributed by atoms with van der Waals surface area (Å²) in [6, 6.07) is 20.5. The highest BCUT2D eigenvalue weighted by atomic mass is 19.1. The van der Waals surface area contributed by atoms with Crippen molar-refractivity contribution < 1.29 is 13.9 Å². The second-order valence-electron chi connectivity index (χ2n) is 7.50. The summed E-state index contributed by atoms with van der Waals surface area (Å²) < 4.78 is 27.5. The number of halogens is 1. The Kier molecular flexibility index (Phi) is 5.19. The molecule has 0 saturated carbocycles. The smallest absolute Gasteiger partial charge is 0.128 e. The molecule has 0 spiro atoms. The van der Waals surface area contributed by atoms with E-state index < -0.39 is 0 Å². The fourth-order valence-electron chi connectivity index (χ4n) is 3.98. The zero-order valence-electron chi connectivity index (χ0n) is 17.9. The molecule has 0 unspecified atom stereocenters. The van der Waals surface area contributed by atoms with Crippen LogP contribution in [0, 0.1) is 5.82 Å². The van der Waals surface area contributed by atoms with Crippen LogP contribution in [0.5, 0.6) is 11.5 Å². The first-order valence-corrected chi connectivity index (χ1v) is 10.5. The number of hydrogen-bond donors (Lipinski definition) is 0. The minimum atomic E-state index is -0.229. The van der Waals surface area contributed by atoms with Gasteiger partial charge in [0.25, 0.3) is 0 Å². The standard InChI is InChI=1S/C26H22FN3O2/c1-3-32-19-10-8-17(9-11-19)25-22-16-30(15-18-6-4-5-7-23(18)27)24-13-12-20(31-2)14-21(24)26(22)29-28-25/h4-14,16H,3,15H2,1-2H3. The summed E-state index contributed by atoms with van der Waals surface area (Å²) in [5, 5.41) is 9.90. The van der Waals surface area contributed by atoms with Gasteiger partial charge in [0.1, 0.15) is 28.7 Å². The monoisotopic (exact) mass is 427 g/mol. The second-order valence-corrected chi connectivity index (χ2v) is 7.50. The first-order valence-electron chi connectivity index (χ1n) is 10.5. The lowest BCUT2D eigenvalue weighted by atomic mass is 10.0. The van der Waals surface area contributed by atoms with Crippen LogP contribution in [0.25, 0.3) is 33.4 Å². The van der Waals surface area contributed by atoms with Crippen LogP contribution >= 0.6 is 0 Å². The van der Waals surface area contributed by atoms with E-state index in [1.807, 2.05) is 66.2 Å². The number of nitrogens with zero attached hydrogens (tertiary/aromatic N) is 3. The Labute approximate surface area is 185 Å². The van der Waals surface area contributed by atoms with Gasteiger partial charge in [-0.1, -0.05) is 18.2 Å². The number of pyridine rings is 1. The molecule has 0 bridgehead atoms. The molecule has 32 heavy (non-hydrogen) atoms. The van der Waals surface area contributed by atoms with Gasteiger partial charge in [-0.3, -0.25) is 0 Å². The van der Waals surface area contributed by atoms with Crippen LogP contribution < -0.4 is 9.47 Å². The molecule has 0 fully saturated rings. The van der Waals surface area contributed by atoms with E-state index in [9.17, 15) is 4.39 Å². The molecule has 0 aromatic heterocycles. The first-order chi connectivity index (χ1) is 15.7. The number of benzene rings is 3. The van der Waals surface area contributed by atoms with Crippen LogP contribution in [-0.2, 0) is 6.54 Å². The third-order valence-corrected chi connectivity index (χ3v) is 5.55. The van der Waals surface area contributed by atoms with Crippen molar-refractivity contribution >= 4 is 10.9 Å². The zero-order valence-corrected chi connectivity index (χ0v) is 17.9. The predicted molar refractivity (Wildman–Crippen MR) is 123 cm³/mol. The van der Waals surface area contributed by atoms with Crippen molar-refractivity contribution in [3.63, 3.8) is 0 Å². The Morgan fingerprint density at radius 3 is 2.41 bits per heavy atom. The molecular formula is C26H22FN3O2. The quantitative estimate of drug-likeness (QED) is 0.344. The topological polar surface area (TPSA) is 49.2 Å². The van der Waals surface area contributed by atoms with Crippen molar-refractivity contribution in [3.05, 3.63) is 84.3 Å². The van der Waals surface area contributed by atoms with Crippen LogP contribution in [0.15, 0.2) is 72.9 Å². The normalized spacial score (nSPS) is 11.2. The summed E-state index contributed by atoms with van der Waals surface area (Å²) in [6.07, 6.45) is 2.00. The molecule has 0 saturated heterocycles. The Morgan fingerprint density at radius 1 is 0.906 bits per heavy atom. The van der Waals surface area contributed by atoms with Gasteiger partial charge in [0.15, 0.2) is 0 Å². The van der Waals surface area contributed by atoms with Gasteiger partial charge in [-0.05, 0) is 55.5 Å². The SMILES string of the molecule is CCOc1ccc(-c2nnc3c4cc(OC)ccc4n(Cc4ccccc4F)cc2-3)cc1. The number of rotatable bonds is 6. The third-order valence-electron chi connectivity index (χ3n) is 5.55. The minimum absolute atomic E-state index is 0.229. The van der Waals surface area contributed by atoms with Crippen molar-refractivity contribution in [3.8, 4) is 34.0 Å². The molecule has 5 nitrogen and oxygen atoms in total. The molecule has 0 amide bonds. The minimum Gasteiger partial charge on any atom is -0.497 e. The van der Waals surface area contributed by atoms with E-state index in [4.69, 9.17) is 9.47 Å². The second kappa shape index (κ2) is 8.30. The van der Waals surface area contributed by atoms with Crippen LogP contribution in [0.2, 0.25) is 0 Å². The van der Waals surface area contributed by atoms with Gasteiger partial charge < -0.3 is 14.0 Å². The average Bonchev–Trinajstić information content (AvgIpc) is 3.25. The molecule has 160 valence electrons. The number of aromatic nitrogens is 3. The lowest BCUT2D eigenvalue weighted by Gasteiger charge is -2.16. The summed E-state index contributed by atoms with van der Waals surface area (Å²) in [5.74, 6) is 1.31. The van der Waals surface area contributed by atoms with Gasteiger partial charge in [0.05, 0.1) is 25.8 Å². The maximum absolute atomic E-state index is 14.4. The summed E-state index contributed by atoms with van der Waals surface area (Å²) in [7, 11) is 1.64. The summed E-state index contributed by atoms with van der Waals surface area (Å²) >= 11 is 0. The van der Waals surface area contributed by atoms with E-state index in [1.165, 1.54) is 6.07 Å². The van der Waals surface area contributed by atoms with Gasteiger partial charge in [-0.25, -0.2) is 4.39 Å². The van der Waals surface area contributed by atoms with Crippen molar-refractivity contribution in [2.75, 3.05) is 13.7 Å². The lowest BCUT2D eigenvalue weighted by Crippen LogP contribution is -2.05. The molecule has 0 atom stereocenters. The number of ether oxygens (including phenoxy) is 2. The van der Waals surface area contributed by atoms with Gasteiger partial charge >= 0.3 is 0 Å². The van der Waals surface area contributed by atoms with Crippen molar-refractivity contribution in [1.82, 2.24) is 14.8 Å². The van der Waals surface area contributed by atoms with E-state index in [0.717, 1.165) is 44.9 Å². The molecule has 3 aromatic rings. The Hall–Kier alpha value is -3.93. The molecular weight excluding hydrogens is 405 g/mol. The lowest BCUT2D eigenvalue weighted by molar-refractivity contribution is 0.340. The largest absolute Gasteiger partial charge is 0.497 e. The van der Waals surface area contributed by atoms with E-state index >= 15 is 0 Å². The molecule has 0 aliphatic carbocycles. The van der Waals surface area contributed by atoms with Gasteiger partial charge in [0, 0.05) is 28.3 Å². The van der Waals surface area contributed by atoms with Gasteiger partial charge in [-0.2, -0.15) is 0 Å². The number of fused-ring (bicyclic) bond motifs is 3. The molecule has 6 heteroatoms. The maximum Gasteiger partial charge on any atom is 0.128 e. The number of hydrogen-bond acceptors (Lipinski definition) is 4. The Balaban J connectivity index is 1.69. The summed E-state index contributed by atoms with van der Waals surface area (Å²) in [6.45, 7) is 2.96. The van der Waals surface area contributed by atoms with E-state index in [2.05, 4.69) is 10.2 Å². The maximum atomic E-state index is 14.4. The number of methoxy groups -OCH3 is 1. The summed E-state index contributed by atoms with van der Waals surface area (Å²) in [5.41, 5.74) is 4.94. The van der Waals surface area contributed by atoms with Crippen LogP contribution in [0.4, 0.5) is 4.39 Å². The highest BCUT2D eigenvalue weighted by Gasteiger charge is 2.21. The fraction of sp³-hybridized carbons (Fsp3) is 0.154. The van der Waals surface area contributed by atoms with E-state index in [0.29, 0.717) is 18.7 Å². The molecule has 3 aromatic carbocycles. The van der Waals surface area contributed by atoms with Crippen molar-refractivity contribution in [2.24, 2.45) is 0 Å². The molecule has 2 aliphatic heterocycles.